The maximum atomic E-state index is 12.1. The average Bonchev–Trinajstić information content (AvgIpc) is 3.08. The lowest BCUT2D eigenvalue weighted by molar-refractivity contribution is -0.129. The first-order chi connectivity index (χ1) is 18.6. The molecular formula is C25H31N11O3. The van der Waals surface area contributed by atoms with Gasteiger partial charge in [0, 0.05) is 43.6 Å². The number of nitrogens with one attached hydrogen (secondary N) is 2. The Kier molecular flexibility index (Phi) is 8.09. The number of hydrogen-bond donors (Lipinski definition) is 3. The maximum Gasteiger partial charge on any atom is 0.412 e. The van der Waals surface area contributed by atoms with Gasteiger partial charge in [0.1, 0.15) is 24.2 Å². The fourth-order valence-corrected chi connectivity index (χ4v) is 3.93. The topological polar surface area (TPSA) is 180 Å². The molecule has 1 aliphatic heterocycles. The molecule has 14 nitrogen and oxygen atoms in total. The largest absolute Gasteiger partial charge is 0.444 e. The third-order valence-electron chi connectivity index (χ3n) is 5.68. The Balaban J connectivity index is 1.41. The SMILES string of the molecule is CC(C)(C)OC(=O)Nc1ccc(Nc2nc(N)n(-c3cc(N4CCCN(C(=O)CC#N)CC4)ncn3)n2)cc1. The van der Waals surface area contributed by atoms with E-state index in [9.17, 15) is 9.59 Å². The van der Waals surface area contributed by atoms with Crippen LogP contribution in [0.3, 0.4) is 0 Å². The number of nitrogens with zero attached hydrogens (tertiary/aromatic N) is 8. The molecule has 0 spiro atoms. The van der Waals surface area contributed by atoms with Crippen molar-refractivity contribution in [1.29, 1.82) is 5.26 Å². The van der Waals surface area contributed by atoms with Crippen molar-refractivity contribution in [3.63, 3.8) is 0 Å². The second-order valence-corrected chi connectivity index (χ2v) is 9.83. The van der Waals surface area contributed by atoms with E-state index in [1.165, 1.54) is 11.0 Å². The summed E-state index contributed by atoms with van der Waals surface area (Å²) >= 11 is 0. The molecule has 0 bridgehead atoms. The van der Waals surface area contributed by atoms with Crippen LogP contribution < -0.4 is 21.3 Å². The summed E-state index contributed by atoms with van der Waals surface area (Å²) in [5.74, 6) is 1.35. The number of nitrogens with two attached hydrogens (primary N) is 1. The predicted octanol–water partition coefficient (Wildman–Crippen LogP) is 2.68. The molecule has 4 N–H and O–H groups in total. The van der Waals surface area contributed by atoms with Crippen molar-refractivity contribution < 1.29 is 14.3 Å². The highest BCUT2D eigenvalue weighted by atomic mass is 16.6. The molecule has 1 fully saturated rings. The van der Waals surface area contributed by atoms with Gasteiger partial charge in [-0.05, 0) is 51.5 Å². The molecule has 39 heavy (non-hydrogen) atoms. The minimum atomic E-state index is -0.590. The van der Waals surface area contributed by atoms with Crippen molar-refractivity contribution in [2.75, 3.05) is 47.4 Å². The van der Waals surface area contributed by atoms with E-state index in [4.69, 9.17) is 15.7 Å². The second kappa shape index (κ2) is 11.6. The number of aromatic nitrogens is 5. The fourth-order valence-electron chi connectivity index (χ4n) is 3.93. The van der Waals surface area contributed by atoms with Gasteiger partial charge in [-0.25, -0.2) is 14.8 Å². The number of hydrogen-bond acceptors (Lipinski definition) is 11. The summed E-state index contributed by atoms with van der Waals surface area (Å²) < 4.78 is 6.67. The lowest BCUT2D eigenvalue weighted by Gasteiger charge is -2.22. The number of nitrogen functional groups attached to an aromatic ring is 1. The molecule has 3 aromatic rings. The van der Waals surface area contributed by atoms with Crippen molar-refractivity contribution >= 4 is 41.1 Å². The Morgan fingerprint density at radius 2 is 1.79 bits per heavy atom. The summed E-state index contributed by atoms with van der Waals surface area (Å²) in [7, 11) is 0. The Morgan fingerprint density at radius 3 is 2.51 bits per heavy atom. The molecule has 1 aromatic carbocycles. The summed E-state index contributed by atoms with van der Waals surface area (Å²) in [5.41, 5.74) is 6.81. The van der Waals surface area contributed by atoms with Gasteiger partial charge in [-0.1, -0.05) is 0 Å². The lowest BCUT2D eigenvalue weighted by Crippen LogP contribution is -2.35. The van der Waals surface area contributed by atoms with E-state index in [1.54, 1.807) is 56.0 Å². The molecule has 204 valence electrons. The molecule has 3 heterocycles. The zero-order chi connectivity index (χ0) is 28.0. The van der Waals surface area contributed by atoms with Crippen molar-refractivity contribution in [3.05, 3.63) is 36.7 Å². The molecule has 0 radical (unpaired) electrons. The summed E-state index contributed by atoms with van der Waals surface area (Å²) in [6.45, 7) is 7.77. The molecule has 1 aliphatic rings. The van der Waals surface area contributed by atoms with Crippen LogP contribution in [-0.4, -0.2) is 73.4 Å². The summed E-state index contributed by atoms with van der Waals surface area (Å²) in [6.07, 6.45) is 1.53. The molecule has 2 amide bonds. The lowest BCUT2D eigenvalue weighted by atomic mass is 10.2. The molecule has 0 aliphatic carbocycles. The van der Waals surface area contributed by atoms with E-state index < -0.39 is 11.7 Å². The third-order valence-corrected chi connectivity index (χ3v) is 5.68. The number of amides is 2. The first kappa shape index (κ1) is 27.1. The number of carbonyl (C=O) groups excluding carboxylic acids is 2. The van der Waals surface area contributed by atoms with Gasteiger partial charge in [-0.2, -0.15) is 14.9 Å². The molecule has 14 heteroatoms. The maximum absolute atomic E-state index is 12.1. The van der Waals surface area contributed by atoms with Crippen molar-refractivity contribution in [3.8, 4) is 11.9 Å². The summed E-state index contributed by atoms with van der Waals surface area (Å²) in [4.78, 5) is 40.8. The average molecular weight is 534 g/mol. The number of rotatable bonds is 6. The second-order valence-electron chi connectivity index (χ2n) is 9.83. The summed E-state index contributed by atoms with van der Waals surface area (Å²) in [6, 6.07) is 10.6. The molecule has 4 rings (SSSR count). The number of anilines is 5. The Morgan fingerprint density at radius 1 is 1.08 bits per heavy atom. The van der Waals surface area contributed by atoms with Crippen LogP contribution in [0.25, 0.3) is 5.82 Å². The smallest absolute Gasteiger partial charge is 0.412 e. The van der Waals surface area contributed by atoms with Crippen LogP contribution in [0, 0.1) is 11.3 Å². The van der Waals surface area contributed by atoms with E-state index in [1.807, 2.05) is 6.07 Å². The van der Waals surface area contributed by atoms with Gasteiger partial charge in [-0.15, -0.1) is 5.10 Å². The first-order valence-corrected chi connectivity index (χ1v) is 12.4. The normalized spacial score (nSPS) is 13.8. The number of ether oxygens (including phenoxy) is 1. The van der Waals surface area contributed by atoms with E-state index in [2.05, 4.69) is 35.6 Å². The highest BCUT2D eigenvalue weighted by Crippen LogP contribution is 2.21. The minimum Gasteiger partial charge on any atom is -0.444 e. The van der Waals surface area contributed by atoms with Crippen LogP contribution in [0.15, 0.2) is 36.7 Å². The molecule has 1 saturated heterocycles. The van der Waals surface area contributed by atoms with Crippen LogP contribution >= 0.6 is 0 Å². The highest BCUT2D eigenvalue weighted by molar-refractivity contribution is 5.85. The first-order valence-electron chi connectivity index (χ1n) is 12.4. The molecule has 2 aromatic heterocycles. The minimum absolute atomic E-state index is 0.118. The summed E-state index contributed by atoms with van der Waals surface area (Å²) in [5, 5.41) is 19.0. The highest BCUT2D eigenvalue weighted by Gasteiger charge is 2.21. The van der Waals surface area contributed by atoms with E-state index in [-0.39, 0.29) is 24.2 Å². The van der Waals surface area contributed by atoms with Gasteiger partial charge in [-0.3, -0.25) is 10.1 Å². The van der Waals surface area contributed by atoms with Crippen LogP contribution in [0.4, 0.5) is 33.9 Å². The van der Waals surface area contributed by atoms with Crippen LogP contribution in [-0.2, 0) is 9.53 Å². The fraction of sp³-hybridized carbons (Fsp3) is 0.400. The van der Waals surface area contributed by atoms with E-state index in [0.29, 0.717) is 49.2 Å². The quantitative estimate of drug-likeness (QED) is 0.424. The monoisotopic (exact) mass is 533 g/mol. The van der Waals surface area contributed by atoms with Gasteiger partial charge < -0.3 is 25.6 Å². The van der Waals surface area contributed by atoms with Crippen LogP contribution in [0.2, 0.25) is 0 Å². The predicted molar refractivity (Wildman–Crippen MR) is 145 cm³/mol. The van der Waals surface area contributed by atoms with Crippen LogP contribution in [0.1, 0.15) is 33.6 Å². The zero-order valence-corrected chi connectivity index (χ0v) is 22.1. The molecule has 0 atom stereocenters. The van der Waals surface area contributed by atoms with Gasteiger partial charge in [0.25, 0.3) is 0 Å². The van der Waals surface area contributed by atoms with Gasteiger partial charge in [0.2, 0.25) is 17.8 Å². The van der Waals surface area contributed by atoms with E-state index in [0.717, 1.165) is 6.42 Å². The number of benzene rings is 1. The van der Waals surface area contributed by atoms with Crippen molar-refractivity contribution in [2.24, 2.45) is 0 Å². The van der Waals surface area contributed by atoms with Crippen LogP contribution in [0.5, 0.6) is 0 Å². The molecule has 0 unspecified atom stereocenters. The van der Waals surface area contributed by atoms with Gasteiger partial charge in [0.15, 0.2) is 5.82 Å². The number of nitriles is 1. The Bertz CT molecular complexity index is 1360. The van der Waals surface area contributed by atoms with Crippen molar-refractivity contribution in [2.45, 2.75) is 39.2 Å². The van der Waals surface area contributed by atoms with Crippen molar-refractivity contribution in [1.82, 2.24) is 29.6 Å². The standard InChI is InChI=1S/C25H31N11O3/c1-25(2,3)39-24(38)31-18-7-5-17(6-8-18)30-23-32-22(27)36(33-23)20-15-19(28-16-29-20)34-11-4-12-35(14-13-34)21(37)9-10-26/h5-8,15-16H,4,9,11-14H2,1-3H3,(H,31,38)(H3,27,30,32,33). The Labute approximate surface area is 225 Å². The molecule has 0 saturated carbocycles. The molecular weight excluding hydrogens is 502 g/mol. The number of carbonyl (C=O) groups is 2. The van der Waals surface area contributed by atoms with Gasteiger partial charge >= 0.3 is 6.09 Å². The van der Waals surface area contributed by atoms with E-state index >= 15 is 0 Å². The van der Waals surface area contributed by atoms with Gasteiger partial charge in [0.05, 0.1) is 6.07 Å². The third kappa shape index (κ3) is 7.31. The zero-order valence-electron chi connectivity index (χ0n) is 22.1. The Hall–Kier alpha value is -4.93.